The second-order valence-electron chi connectivity index (χ2n) is 3.85. The van der Waals surface area contributed by atoms with Gasteiger partial charge in [0.2, 0.25) is 0 Å². The van der Waals surface area contributed by atoms with Crippen LogP contribution >= 0.6 is 23.2 Å². The van der Waals surface area contributed by atoms with Crippen molar-refractivity contribution in [2.75, 3.05) is 11.1 Å². The largest absolute Gasteiger partial charge is 0.397 e. The molecule has 0 spiro atoms. The van der Waals surface area contributed by atoms with E-state index in [1.165, 1.54) is 24.4 Å². The monoisotopic (exact) mass is 306 g/mol. The van der Waals surface area contributed by atoms with Crippen LogP contribution in [0.2, 0.25) is 10.2 Å². The van der Waals surface area contributed by atoms with Crippen LogP contribution in [0.15, 0.2) is 30.5 Å². The van der Waals surface area contributed by atoms with Gasteiger partial charge in [0.25, 0.3) is 5.91 Å². The fourth-order valence-corrected chi connectivity index (χ4v) is 1.87. The lowest BCUT2D eigenvalue weighted by molar-refractivity contribution is 0.102. The third kappa shape index (κ3) is 2.99. The zero-order valence-electron chi connectivity index (χ0n) is 10.0. The van der Waals surface area contributed by atoms with Gasteiger partial charge in [-0.2, -0.15) is 5.26 Å². The van der Waals surface area contributed by atoms with Crippen LogP contribution in [0.25, 0.3) is 0 Å². The second kappa shape index (κ2) is 5.78. The van der Waals surface area contributed by atoms with E-state index < -0.39 is 5.91 Å². The van der Waals surface area contributed by atoms with E-state index in [0.717, 1.165) is 0 Å². The number of nitriles is 1. The van der Waals surface area contributed by atoms with Crippen LogP contribution in [-0.2, 0) is 0 Å². The average Bonchev–Trinajstić information content (AvgIpc) is 2.41. The van der Waals surface area contributed by atoms with Crippen molar-refractivity contribution < 1.29 is 4.79 Å². The summed E-state index contributed by atoms with van der Waals surface area (Å²) in [6.45, 7) is 0. The number of carbonyl (C=O) groups excluding carboxylic acids is 1. The van der Waals surface area contributed by atoms with Crippen LogP contribution in [0.4, 0.5) is 11.4 Å². The van der Waals surface area contributed by atoms with Crippen molar-refractivity contribution in [3.63, 3.8) is 0 Å². The molecule has 100 valence electrons. The molecule has 0 aliphatic carbocycles. The molecule has 0 unspecified atom stereocenters. The molecule has 3 N–H and O–H groups in total. The fourth-order valence-electron chi connectivity index (χ4n) is 1.54. The zero-order valence-corrected chi connectivity index (χ0v) is 11.5. The first-order valence-electron chi connectivity index (χ1n) is 5.43. The topological polar surface area (TPSA) is 91.8 Å². The zero-order chi connectivity index (χ0) is 14.7. The molecule has 0 radical (unpaired) electrons. The number of rotatable bonds is 2. The molecule has 2 aromatic rings. The van der Waals surface area contributed by atoms with Gasteiger partial charge in [-0.1, -0.05) is 23.2 Å². The molecule has 0 atom stereocenters. The Labute approximate surface area is 124 Å². The summed E-state index contributed by atoms with van der Waals surface area (Å²) in [5.74, 6) is -0.495. The summed E-state index contributed by atoms with van der Waals surface area (Å²) < 4.78 is 0. The van der Waals surface area contributed by atoms with Crippen LogP contribution in [0.1, 0.15) is 15.9 Å². The van der Waals surface area contributed by atoms with Gasteiger partial charge in [0.05, 0.1) is 28.7 Å². The van der Waals surface area contributed by atoms with Gasteiger partial charge in [-0.05, 0) is 24.3 Å². The van der Waals surface area contributed by atoms with E-state index in [9.17, 15) is 4.79 Å². The predicted molar refractivity (Wildman–Crippen MR) is 77.8 cm³/mol. The lowest BCUT2D eigenvalue weighted by Gasteiger charge is -2.09. The quantitative estimate of drug-likeness (QED) is 0.834. The number of pyridine rings is 1. The number of nitrogens with two attached hydrogens (primary N) is 1. The first-order valence-corrected chi connectivity index (χ1v) is 6.19. The molecule has 5 nitrogen and oxygen atoms in total. The van der Waals surface area contributed by atoms with Gasteiger partial charge < -0.3 is 11.1 Å². The maximum atomic E-state index is 12.1. The number of amides is 1. The number of hydrogen-bond acceptors (Lipinski definition) is 4. The number of nitrogens with zero attached hydrogens (tertiary/aromatic N) is 2. The number of carbonyl (C=O) groups is 1. The van der Waals surface area contributed by atoms with Crippen molar-refractivity contribution >= 4 is 40.5 Å². The summed E-state index contributed by atoms with van der Waals surface area (Å²) in [5, 5.41) is 12.1. The van der Waals surface area contributed by atoms with E-state index in [4.69, 9.17) is 34.2 Å². The van der Waals surface area contributed by atoms with Crippen LogP contribution in [0.3, 0.4) is 0 Å². The minimum Gasteiger partial charge on any atom is -0.397 e. The maximum absolute atomic E-state index is 12.1. The molecule has 1 heterocycles. The average molecular weight is 307 g/mol. The van der Waals surface area contributed by atoms with E-state index in [1.54, 1.807) is 6.07 Å². The fraction of sp³-hybridized carbons (Fsp3) is 0. The summed E-state index contributed by atoms with van der Waals surface area (Å²) in [5.41, 5.74) is 6.63. The van der Waals surface area contributed by atoms with Gasteiger partial charge in [0, 0.05) is 5.02 Å². The molecule has 0 fully saturated rings. The minimum absolute atomic E-state index is 0.149. The van der Waals surface area contributed by atoms with E-state index in [0.29, 0.717) is 16.3 Å². The van der Waals surface area contributed by atoms with Crippen molar-refractivity contribution in [1.29, 1.82) is 5.26 Å². The molecule has 0 saturated heterocycles. The molecule has 2 rings (SSSR count). The van der Waals surface area contributed by atoms with Crippen LogP contribution in [-0.4, -0.2) is 10.9 Å². The normalized spacial score (nSPS) is 9.85. The molecule has 0 bridgehead atoms. The Balaban J connectivity index is 2.35. The first kappa shape index (κ1) is 14.1. The molecule has 7 heteroatoms. The SMILES string of the molecule is N#Cc1ccc(Cl)cc1NC(=O)c1cc(Cl)ncc1N. The molecule has 1 amide bonds. The van der Waals surface area contributed by atoms with Gasteiger partial charge in [-0.3, -0.25) is 4.79 Å². The highest BCUT2D eigenvalue weighted by Gasteiger charge is 2.13. The molecule has 0 aliphatic rings. The standard InChI is InChI=1S/C13H8Cl2N4O/c14-8-2-1-7(5-16)11(3-8)19-13(20)9-4-12(15)18-6-10(9)17/h1-4,6H,17H2,(H,19,20). The summed E-state index contributed by atoms with van der Waals surface area (Å²) in [6, 6.07) is 7.87. The molecule has 0 saturated carbocycles. The Morgan fingerprint density at radius 2 is 2.10 bits per heavy atom. The Morgan fingerprint density at radius 3 is 2.80 bits per heavy atom. The van der Waals surface area contributed by atoms with Gasteiger partial charge in [0.1, 0.15) is 11.2 Å². The van der Waals surface area contributed by atoms with Crippen molar-refractivity contribution in [2.45, 2.75) is 0 Å². The number of anilines is 2. The third-order valence-electron chi connectivity index (χ3n) is 2.50. The smallest absolute Gasteiger partial charge is 0.257 e. The Morgan fingerprint density at radius 1 is 1.35 bits per heavy atom. The van der Waals surface area contributed by atoms with Gasteiger partial charge in [0.15, 0.2) is 0 Å². The Kier molecular flexibility index (Phi) is 4.08. The van der Waals surface area contributed by atoms with E-state index in [1.807, 2.05) is 6.07 Å². The van der Waals surface area contributed by atoms with Gasteiger partial charge in [-0.25, -0.2) is 4.98 Å². The first-order chi connectivity index (χ1) is 9.51. The van der Waals surface area contributed by atoms with Crippen LogP contribution < -0.4 is 11.1 Å². The molecule has 1 aromatic carbocycles. The molecule has 20 heavy (non-hydrogen) atoms. The maximum Gasteiger partial charge on any atom is 0.257 e. The Bertz CT molecular complexity index is 725. The summed E-state index contributed by atoms with van der Waals surface area (Å²) in [4.78, 5) is 15.9. The molecular formula is C13H8Cl2N4O. The van der Waals surface area contributed by atoms with Gasteiger partial charge in [-0.15, -0.1) is 0 Å². The third-order valence-corrected chi connectivity index (χ3v) is 2.94. The number of nitrogen functional groups attached to an aromatic ring is 1. The Hall–Kier alpha value is -2.29. The second-order valence-corrected chi connectivity index (χ2v) is 4.67. The van der Waals surface area contributed by atoms with E-state index in [2.05, 4.69) is 10.3 Å². The highest BCUT2D eigenvalue weighted by atomic mass is 35.5. The lowest BCUT2D eigenvalue weighted by atomic mass is 10.1. The molecular weight excluding hydrogens is 299 g/mol. The highest BCUT2D eigenvalue weighted by molar-refractivity contribution is 6.31. The summed E-state index contributed by atoms with van der Waals surface area (Å²) in [7, 11) is 0. The number of halogens is 2. The van der Waals surface area contributed by atoms with Crippen molar-refractivity contribution in [3.8, 4) is 6.07 Å². The number of nitrogens with one attached hydrogen (secondary N) is 1. The van der Waals surface area contributed by atoms with Crippen LogP contribution in [0, 0.1) is 11.3 Å². The van der Waals surface area contributed by atoms with Crippen molar-refractivity contribution in [2.24, 2.45) is 0 Å². The highest BCUT2D eigenvalue weighted by Crippen LogP contribution is 2.22. The lowest BCUT2D eigenvalue weighted by Crippen LogP contribution is -2.15. The van der Waals surface area contributed by atoms with Crippen molar-refractivity contribution in [1.82, 2.24) is 4.98 Å². The summed E-state index contributed by atoms with van der Waals surface area (Å²) in [6.07, 6.45) is 1.29. The molecule has 1 aromatic heterocycles. The van der Waals surface area contributed by atoms with E-state index >= 15 is 0 Å². The number of aromatic nitrogens is 1. The van der Waals surface area contributed by atoms with Crippen molar-refractivity contribution in [3.05, 3.63) is 51.8 Å². The van der Waals surface area contributed by atoms with Gasteiger partial charge >= 0.3 is 0 Å². The number of hydrogen-bond donors (Lipinski definition) is 2. The van der Waals surface area contributed by atoms with E-state index in [-0.39, 0.29) is 16.4 Å². The predicted octanol–water partition coefficient (Wildman–Crippen LogP) is 3.09. The van der Waals surface area contributed by atoms with Crippen LogP contribution in [0.5, 0.6) is 0 Å². The minimum atomic E-state index is -0.495. The molecule has 0 aliphatic heterocycles. The summed E-state index contributed by atoms with van der Waals surface area (Å²) >= 11 is 11.6. The number of benzene rings is 1.